The van der Waals surface area contributed by atoms with Crippen molar-refractivity contribution >= 4 is 10.9 Å². The van der Waals surface area contributed by atoms with E-state index in [0.717, 1.165) is 43.6 Å². The predicted octanol–water partition coefficient (Wildman–Crippen LogP) is 1.26. The van der Waals surface area contributed by atoms with Crippen LogP contribution in [0, 0.1) is 0 Å². The lowest BCUT2D eigenvalue weighted by molar-refractivity contribution is 0.131. The lowest BCUT2D eigenvalue weighted by Gasteiger charge is -2.31. The van der Waals surface area contributed by atoms with Crippen LogP contribution in [0.3, 0.4) is 0 Å². The van der Waals surface area contributed by atoms with Crippen molar-refractivity contribution in [3.63, 3.8) is 0 Å². The number of likely N-dealkylation sites (N-methyl/N-ethyl adjacent to an activating group) is 1. The molecule has 0 radical (unpaired) electrons. The van der Waals surface area contributed by atoms with Crippen molar-refractivity contribution in [2.45, 2.75) is 0 Å². The molecule has 1 aliphatic rings. The van der Waals surface area contributed by atoms with E-state index in [1.807, 2.05) is 30.5 Å². The summed E-state index contributed by atoms with van der Waals surface area (Å²) >= 11 is 0. The van der Waals surface area contributed by atoms with E-state index < -0.39 is 0 Å². The average Bonchev–Trinajstić information content (AvgIpc) is 2.49. The van der Waals surface area contributed by atoms with Gasteiger partial charge in [-0.3, -0.25) is 4.90 Å². The van der Waals surface area contributed by atoms with Crippen molar-refractivity contribution in [3.8, 4) is 6.01 Å². The second-order valence-corrected chi connectivity index (χ2v) is 5.20. The van der Waals surface area contributed by atoms with Crippen LogP contribution in [0.2, 0.25) is 0 Å². The molecule has 2 heterocycles. The lowest BCUT2D eigenvalue weighted by Crippen LogP contribution is -2.45. The van der Waals surface area contributed by atoms with E-state index >= 15 is 0 Å². The summed E-state index contributed by atoms with van der Waals surface area (Å²) in [6, 6.07) is 8.41. The van der Waals surface area contributed by atoms with Crippen molar-refractivity contribution in [2.75, 3.05) is 46.4 Å². The number of fused-ring (bicyclic) bond motifs is 1. The van der Waals surface area contributed by atoms with Gasteiger partial charge < -0.3 is 9.64 Å². The van der Waals surface area contributed by atoms with Gasteiger partial charge in [-0.2, -0.15) is 4.98 Å². The van der Waals surface area contributed by atoms with E-state index in [0.29, 0.717) is 12.6 Å². The molecule has 0 atom stereocenters. The number of aromatic nitrogens is 2. The number of nitrogens with zero attached hydrogens (tertiary/aromatic N) is 4. The summed E-state index contributed by atoms with van der Waals surface area (Å²) in [4.78, 5) is 13.4. The minimum Gasteiger partial charge on any atom is -0.462 e. The molecule has 0 N–H and O–H groups in total. The first-order chi connectivity index (χ1) is 9.81. The van der Waals surface area contributed by atoms with Gasteiger partial charge in [-0.1, -0.05) is 18.2 Å². The van der Waals surface area contributed by atoms with Gasteiger partial charge in [-0.05, 0) is 13.1 Å². The number of ether oxygens (including phenoxy) is 1. The molecule has 2 aromatic rings. The van der Waals surface area contributed by atoms with Crippen LogP contribution in [0.25, 0.3) is 10.9 Å². The minimum atomic E-state index is 0.470. The van der Waals surface area contributed by atoms with Crippen molar-refractivity contribution in [1.82, 2.24) is 19.8 Å². The van der Waals surface area contributed by atoms with E-state index in [4.69, 9.17) is 4.74 Å². The highest BCUT2D eigenvalue weighted by Gasteiger charge is 2.13. The molecule has 20 heavy (non-hydrogen) atoms. The number of hydrogen-bond acceptors (Lipinski definition) is 5. The topological polar surface area (TPSA) is 41.5 Å². The Kier molecular flexibility index (Phi) is 4.08. The summed E-state index contributed by atoms with van der Waals surface area (Å²) in [6.45, 7) is 6.06. The van der Waals surface area contributed by atoms with Gasteiger partial charge in [0, 0.05) is 44.3 Å². The Morgan fingerprint density at radius 2 is 1.95 bits per heavy atom. The maximum Gasteiger partial charge on any atom is 0.316 e. The Labute approximate surface area is 119 Å². The summed E-state index contributed by atoms with van der Waals surface area (Å²) < 4.78 is 5.67. The zero-order chi connectivity index (χ0) is 13.8. The number of para-hydroxylation sites is 1. The van der Waals surface area contributed by atoms with Crippen LogP contribution >= 0.6 is 0 Å². The standard InChI is InChI=1S/C15H20N4O/c1-18-6-8-19(9-7-18)10-11-20-15-16-12-13-4-2-3-5-14(13)17-15/h2-5,12H,6-11H2,1H3. The summed E-state index contributed by atoms with van der Waals surface area (Å²) in [5.41, 5.74) is 0.928. The molecular weight excluding hydrogens is 252 g/mol. The molecule has 1 fully saturated rings. The largest absolute Gasteiger partial charge is 0.462 e. The molecule has 0 saturated carbocycles. The third kappa shape index (κ3) is 3.23. The van der Waals surface area contributed by atoms with Crippen LogP contribution in [-0.2, 0) is 0 Å². The zero-order valence-corrected chi connectivity index (χ0v) is 11.8. The van der Waals surface area contributed by atoms with Crippen molar-refractivity contribution in [1.29, 1.82) is 0 Å². The quantitative estimate of drug-likeness (QED) is 0.838. The predicted molar refractivity (Wildman–Crippen MR) is 79.0 cm³/mol. The molecule has 0 spiro atoms. The molecule has 0 unspecified atom stereocenters. The molecule has 1 saturated heterocycles. The molecule has 5 heteroatoms. The molecule has 1 aromatic heterocycles. The summed E-state index contributed by atoms with van der Waals surface area (Å²) in [6.07, 6.45) is 1.81. The molecular formula is C15H20N4O. The van der Waals surface area contributed by atoms with Crippen LogP contribution in [0.1, 0.15) is 0 Å². The maximum atomic E-state index is 5.67. The van der Waals surface area contributed by atoms with Crippen molar-refractivity contribution in [2.24, 2.45) is 0 Å². The third-order valence-electron chi connectivity index (χ3n) is 3.70. The summed E-state index contributed by atoms with van der Waals surface area (Å²) in [7, 11) is 2.16. The number of benzene rings is 1. The molecule has 106 valence electrons. The Hall–Kier alpha value is -1.72. The SMILES string of the molecule is CN1CCN(CCOc2ncc3ccccc3n2)CC1. The van der Waals surface area contributed by atoms with E-state index in [9.17, 15) is 0 Å². The smallest absolute Gasteiger partial charge is 0.316 e. The van der Waals surface area contributed by atoms with Crippen LogP contribution in [0.5, 0.6) is 6.01 Å². The average molecular weight is 272 g/mol. The summed E-state index contributed by atoms with van der Waals surface area (Å²) in [5, 5.41) is 1.04. The number of piperazine rings is 1. The Morgan fingerprint density at radius 3 is 2.80 bits per heavy atom. The molecule has 1 aromatic carbocycles. The van der Waals surface area contributed by atoms with Crippen molar-refractivity contribution < 1.29 is 4.74 Å². The van der Waals surface area contributed by atoms with Gasteiger partial charge in [0.2, 0.25) is 0 Å². The van der Waals surface area contributed by atoms with Crippen LogP contribution in [-0.4, -0.2) is 66.1 Å². The second-order valence-electron chi connectivity index (χ2n) is 5.20. The van der Waals surface area contributed by atoms with Crippen molar-refractivity contribution in [3.05, 3.63) is 30.5 Å². The van der Waals surface area contributed by atoms with Crippen LogP contribution in [0.15, 0.2) is 30.5 Å². The molecule has 0 amide bonds. The highest BCUT2D eigenvalue weighted by molar-refractivity contribution is 5.77. The molecule has 1 aliphatic heterocycles. The number of rotatable bonds is 4. The van der Waals surface area contributed by atoms with Gasteiger partial charge in [0.25, 0.3) is 0 Å². The molecule has 0 bridgehead atoms. The first kappa shape index (κ1) is 13.3. The van der Waals surface area contributed by atoms with E-state index in [1.165, 1.54) is 0 Å². The van der Waals surface area contributed by atoms with Crippen LogP contribution < -0.4 is 4.74 Å². The fraction of sp³-hybridized carbons (Fsp3) is 0.467. The van der Waals surface area contributed by atoms with Gasteiger partial charge in [0.15, 0.2) is 0 Å². The van der Waals surface area contributed by atoms with Gasteiger partial charge in [-0.25, -0.2) is 4.98 Å². The molecule has 3 rings (SSSR count). The first-order valence-electron chi connectivity index (χ1n) is 7.07. The normalized spacial score (nSPS) is 17.4. The van der Waals surface area contributed by atoms with Gasteiger partial charge >= 0.3 is 6.01 Å². The Bertz CT molecular complexity index is 567. The van der Waals surface area contributed by atoms with Gasteiger partial charge in [0.1, 0.15) is 6.61 Å². The number of hydrogen-bond donors (Lipinski definition) is 0. The van der Waals surface area contributed by atoms with Gasteiger partial charge in [-0.15, -0.1) is 0 Å². The Balaban J connectivity index is 1.52. The van der Waals surface area contributed by atoms with Gasteiger partial charge in [0.05, 0.1) is 5.52 Å². The third-order valence-corrected chi connectivity index (χ3v) is 3.70. The summed E-state index contributed by atoms with van der Waals surface area (Å²) in [5.74, 6) is 0. The van der Waals surface area contributed by atoms with E-state index in [-0.39, 0.29) is 0 Å². The highest BCUT2D eigenvalue weighted by Crippen LogP contribution is 2.12. The lowest BCUT2D eigenvalue weighted by atomic mass is 10.2. The first-order valence-corrected chi connectivity index (χ1v) is 7.07. The highest BCUT2D eigenvalue weighted by atomic mass is 16.5. The second kappa shape index (κ2) is 6.15. The minimum absolute atomic E-state index is 0.470. The monoisotopic (exact) mass is 272 g/mol. The fourth-order valence-corrected chi connectivity index (χ4v) is 2.36. The fourth-order valence-electron chi connectivity index (χ4n) is 2.36. The zero-order valence-electron chi connectivity index (χ0n) is 11.8. The Morgan fingerprint density at radius 1 is 1.15 bits per heavy atom. The van der Waals surface area contributed by atoms with Crippen LogP contribution in [0.4, 0.5) is 0 Å². The van der Waals surface area contributed by atoms with E-state index in [1.54, 1.807) is 0 Å². The molecule has 5 nitrogen and oxygen atoms in total. The van der Waals surface area contributed by atoms with E-state index in [2.05, 4.69) is 26.8 Å². The molecule has 0 aliphatic carbocycles. The maximum absolute atomic E-state index is 5.67.